The summed E-state index contributed by atoms with van der Waals surface area (Å²) in [5.41, 5.74) is 4.50. The molecule has 0 unspecified atom stereocenters. The topological polar surface area (TPSA) is 219 Å². The van der Waals surface area contributed by atoms with Gasteiger partial charge in [-0.2, -0.15) is 15.4 Å². The van der Waals surface area contributed by atoms with Gasteiger partial charge in [-0.15, -0.1) is 0 Å². The molecule has 0 saturated carbocycles. The number of rotatable bonds is 14. The maximum absolute atomic E-state index is 14.6. The van der Waals surface area contributed by atoms with Crippen LogP contribution in [0.3, 0.4) is 0 Å². The Hall–Kier alpha value is -4.59. The number of hydrogen-bond donors (Lipinski definition) is 2. The summed E-state index contributed by atoms with van der Waals surface area (Å²) in [5, 5.41) is 17.8. The van der Waals surface area contributed by atoms with E-state index in [0.717, 1.165) is 13.1 Å². The van der Waals surface area contributed by atoms with E-state index in [1.165, 1.54) is 29.9 Å². The Balaban J connectivity index is 1.51. The minimum absolute atomic E-state index is 0.124. The number of ether oxygens (including phenoxy) is 4. The average Bonchev–Trinajstić information content (AvgIpc) is 3.68. The third-order valence-electron chi connectivity index (χ3n) is 8.90. The number of esters is 3. The van der Waals surface area contributed by atoms with Crippen LogP contribution in [0.1, 0.15) is 59.3 Å². The zero-order valence-corrected chi connectivity index (χ0v) is 31.4. The number of hydrogen-bond acceptors (Lipinski definition) is 15. The fraction of sp³-hybridized carbons (Fsp3) is 0.543. The fourth-order valence-electron chi connectivity index (χ4n) is 5.81. The lowest BCUT2D eigenvalue weighted by atomic mass is 9.95. The van der Waals surface area contributed by atoms with Crippen molar-refractivity contribution in [1.29, 1.82) is 5.26 Å². The Labute approximate surface area is 307 Å². The van der Waals surface area contributed by atoms with E-state index in [2.05, 4.69) is 20.1 Å². The molecular weight excluding hydrogens is 709 g/mol. The Bertz CT molecular complexity index is 1860. The summed E-state index contributed by atoms with van der Waals surface area (Å²) in [6, 6.07) is 12.1. The fourth-order valence-corrected chi connectivity index (χ4v) is 7.33. The van der Waals surface area contributed by atoms with Crippen LogP contribution in [0.5, 0.6) is 5.75 Å². The molecule has 3 N–H and O–H groups in total. The van der Waals surface area contributed by atoms with Crippen molar-refractivity contribution in [2.75, 3.05) is 32.5 Å². The van der Waals surface area contributed by atoms with Crippen molar-refractivity contribution < 1.29 is 46.9 Å². The van der Waals surface area contributed by atoms with Crippen molar-refractivity contribution in [2.24, 2.45) is 11.8 Å². The molecule has 4 heterocycles. The molecule has 5 rings (SSSR count). The molecule has 0 radical (unpaired) electrons. The molecule has 3 aromatic rings. The van der Waals surface area contributed by atoms with Gasteiger partial charge >= 0.3 is 25.7 Å². The monoisotopic (exact) mass is 755 g/mol. The predicted octanol–water partition coefficient (Wildman–Crippen LogP) is 3.60. The first kappa shape index (κ1) is 39.6. The van der Waals surface area contributed by atoms with E-state index in [-0.39, 0.29) is 23.4 Å². The highest BCUT2D eigenvalue weighted by Gasteiger charge is 2.62. The van der Waals surface area contributed by atoms with Gasteiger partial charge in [-0.1, -0.05) is 45.9 Å². The van der Waals surface area contributed by atoms with Gasteiger partial charge in [0.25, 0.3) is 0 Å². The van der Waals surface area contributed by atoms with Crippen LogP contribution in [0.15, 0.2) is 48.8 Å². The maximum Gasteiger partial charge on any atom is 0.459 e. The molecule has 2 aliphatic heterocycles. The van der Waals surface area contributed by atoms with Crippen LogP contribution in [0.4, 0.5) is 5.82 Å². The minimum atomic E-state index is -4.57. The first-order valence-corrected chi connectivity index (χ1v) is 18.9. The molecule has 2 aliphatic rings. The SMILES string of the molecule is CC(C)C(=O)O[C@H]1[C@H](c2ccc3c(N)ncnn23)O[C@](C#N)(CO[P@@](=O)(N[C@@H](C)C(=O)OC2CCN(C)CC2)Oc2ccccc2)[C@H]1OC(=O)C(C)C. The van der Waals surface area contributed by atoms with Crippen molar-refractivity contribution in [3.63, 3.8) is 0 Å². The van der Waals surface area contributed by atoms with E-state index >= 15 is 0 Å². The minimum Gasteiger partial charge on any atom is -0.461 e. The number of nitrogens with one attached hydrogen (secondary N) is 1. The summed E-state index contributed by atoms with van der Waals surface area (Å²) < 4.78 is 51.7. The van der Waals surface area contributed by atoms with Gasteiger partial charge in [0.15, 0.2) is 18.0 Å². The number of carbonyl (C=O) groups excluding carboxylic acids is 3. The van der Waals surface area contributed by atoms with E-state index in [1.807, 2.05) is 13.1 Å². The number of likely N-dealkylation sites (tertiary alicyclic amines) is 1. The third-order valence-corrected chi connectivity index (χ3v) is 10.5. The molecule has 0 aliphatic carbocycles. The second-order valence-corrected chi connectivity index (χ2v) is 15.5. The van der Waals surface area contributed by atoms with Gasteiger partial charge in [-0.25, -0.2) is 14.1 Å². The van der Waals surface area contributed by atoms with Crippen molar-refractivity contribution in [1.82, 2.24) is 24.6 Å². The molecule has 2 fully saturated rings. The molecule has 2 saturated heterocycles. The number of nitrogen functional groups attached to an aromatic ring is 1. The highest BCUT2D eigenvalue weighted by molar-refractivity contribution is 7.52. The molecule has 286 valence electrons. The van der Waals surface area contributed by atoms with Crippen LogP contribution in [0.2, 0.25) is 0 Å². The van der Waals surface area contributed by atoms with Gasteiger partial charge in [0.05, 0.1) is 17.5 Å². The molecule has 1 aromatic carbocycles. The average molecular weight is 756 g/mol. The lowest BCUT2D eigenvalue weighted by molar-refractivity contribution is -0.173. The van der Waals surface area contributed by atoms with Crippen molar-refractivity contribution in [3.8, 4) is 11.8 Å². The zero-order chi connectivity index (χ0) is 38.5. The Morgan fingerprint density at radius 2 is 1.68 bits per heavy atom. The van der Waals surface area contributed by atoms with Crippen molar-refractivity contribution in [3.05, 3.63) is 54.5 Å². The summed E-state index contributed by atoms with van der Waals surface area (Å²) in [6.07, 6.45) is -2.14. The van der Waals surface area contributed by atoms with Crippen molar-refractivity contribution in [2.45, 2.75) is 83.5 Å². The molecule has 18 heteroatoms. The van der Waals surface area contributed by atoms with Crippen LogP contribution >= 0.6 is 7.75 Å². The highest BCUT2D eigenvalue weighted by Crippen LogP contribution is 2.50. The molecule has 0 amide bonds. The lowest BCUT2D eigenvalue weighted by Crippen LogP contribution is -2.50. The molecule has 53 heavy (non-hydrogen) atoms. The first-order valence-electron chi connectivity index (χ1n) is 17.4. The van der Waals surface area contributed by atoms with Gasteiger partial charge in [0, 0.05) is 13.1 Å². The largest absolute Gasteiger partial charge is 0.461 e. The smallest absolute Gasteiger partial charge is 0.459 e. The summed E-state index contributed by atoms with van der Waals surface area (Å²) in [6.45, 7) is 8.53. The molecule has 6 atom stereocenters. The summed E-state index contributed by atoms with van der Waals surface area (Å²) in [4.78, 5) is 45.7. The first-order chi connectivity index (χ1) is 25.1. The second-order valence-electron chi connectivity index (χ2n) is 13.8. The van der Waals surface area contributed by atoms with Gasteiger partial charge in [-0.3, -0.25) is 18.9 Å². The van der Waals surface area contributed by atoms with E-state index in [4.69, 9.17) is 33.7 Å². The van der Waals surface area contributed by atoms with E-state index in [9.17, 15) is 24.2 Å². The van der Waals surface area contributed by atoms with E-state index in [1.54, 1.807) is 58.0 Å². The number of nitriles is 1. The molecule has 0 bridgehead atoms. The van der Waals surface area contributed by atoms with E-state index in [0.29, 0.717) is 18.4 Å². The number of nitrogens with two attached hydrogens (primary N) is 1. The second kappa shape index (κ2) is 16.6. The number of aromatic nitrogens is 3. The van der Waals surface area contributed by atoms with Crippen LogP contribution in [0.25, 0.3) is 5.52 Å². The van der Waals surface area contributed by atoms with Crippen molar-refractivity contribution >= 4 is 37.0 Å². The van der Waals surface area contributed by atoms with E-state index < -0.39 is 74.1 Å². The predicted molar refractivity (Wildman–Crippen MR) is 189 cm³/mol. The number of benzene rings is 1. The molecule has 17 nitrogen and oxygen atoms in total. The number of carbonyl (C=O) groups is 3. The quantitative estimate of drug-likeness (QED) is 0.136. The summed E-state index contributed by atoms with van der Waals surface area (Å²) in [7, 11) is -2.59. The number of piperidine rings is 1. The number of nitrogens with zero attached hydrogens (tertiary/aromatic N) is 5. The Morgan fingerprint density at radius 1 is 1.02 bits per heavy atom. The Morgan fingerprint density at radius 3 is 2.32 bits per heavy atom. The zero-order valence-electron chi connectivity index (χ0n) is 30.5. The summed E-state index contributed by atoms with van der Waals surface area (Å²) >= 11 is 0. The van der Waals surface area contributed by atoms with Gasteiger partial charge in [-0.05, 0) is 51.1 Å². The standard InChI is InChI=1S/C35H46N7O10P/c1-21(2)32(43)49-29-28(26-12-13-27-31(37)38-20-39-42(26)27)51-35(18-36,30(29)50-33(44)22(3)4)19-47-53(46,52-25-10-8-7-9-11-25)40-23(5)34(45)48-24-14-16-41(6)17-15-24/h7-13,20-24,28-30H,14-17,19H2,1-6H3,(H,40,46)(H2,37,38,39)/t23-,28-,29-,30-,35+,53-/m0/s1. The van der Waals surface area contributed by atoms with Crippen LogP contribution in [-0.2, 0) is 42.4 Å². The Kier molecular flexibility index (Phi) is 12.4. The molecule has 0 spiro atoms. The molecular formula is C35H46N7O10P. The summed E-state index contributed by atoms with van der Waals surface area (Å²) in [5.74, 6) is -3.10. The number of anilines is 1. The maximum atomic E-state index is 14.6. The van der Waals surface area contributed by atoms with Gasteiger partial charge in [0.1, 0.15) is 48.5 Å². The third kappa shape index (κ3) is 9.14. The highest BCUT2D eigenvalue weighted by atomic mass is 31.2. The normalized spacial score (nSPS) is 24.0. The van der Waals surface area contributed by atoms with Crippen LogP contribution < -0.4 is 15.3 Å². The molecule has 2 aromatic heterocycles. The van der Waals surface area contributed by atoms with Gasteiger partial charge in [0.2, 0.25) is 5.60 Å². The number of fused-ring (bicyclic) bond motifs is 1. The van der Waals surface area contributed by atoms with Gasteiger partial charge < -0.3 is 34.1 Å². The van der Waals surface area contributed by atoms with Crippen LogP contribution in [-0.4, -0.2) is 94.1 Å². The lowest BCUT2D eigenvalue weighted by Gasteiger charge is -2.31. The van der Waals surface area contributed by atoms with Crippen LogP contribution in [0, 0.1) is 23.2 Å². The number of para-hydroxylation sites is 1.